The molecule has 2 N–H and O–H groups in total. The van der Waals surface area contributed by atoms with E-state index in [0.717, 1.165) is 60.9 Å². The zero-order chi connectivity index (χ0) is 20.5. The Hall–Kier alpha value is -2.81. The summed E-state index contributed by atoms with van der Waals surface area (Å²) >= 11 is 0. The van der Waals surface area contributed by atoms with Crippen molar-refractivity contribution in [1.29, 1.82) is 0 Å². The van der Waals surface area contributed by atoms with E-state index in [1.807, 2.05) is 30.5 Å². The summed E-state index contributed by atoms with van der Waals surface area (Å²) in [6.07, 6.45) is 3.55. The Kier molecular flexibility index (Phi) is 6.31. The molecule has 9 heteroatoms. The molecule has 31 heavy (non-hydrogen) atoms. The number of carbonyl (C=O) groups excluding carboxylic acids is 2. The summed E-state index contributed by atoms with van der Waals surface area (Å²) in [5.74, 6) is -0.112. The summed E-state index contributed by atoms with van der Waals surface area (Å²) in [7, 11) is 0. The summed E-state index contributed by atoms with van der Waals surface area (Å²) in [5.41, 5.74) is 5.34. The lowest BCUT2D eigenvalue weighted by Crippen LogP contribution is -2.35. The minimum Gasteiger partial charge on any atom is -0.448 e. The molecule has 5 rings (SSSR count). The highest BCUT2D eigenvalue weighted by Gasteiger charge is 2.26. The van der Waals surface area contributed by atoms with Crippen LogP contribution in [-0.2, 0) is 27.4 Å². The number of aromatic nitrogens is 1. The summed E-state index contributed by atoms with van der Waals surface area (Å²) in [6.45, 7) is 5.72. The van der Waals surface area contributed by atoms with Crippen LogP contribution in [0.15, 0.2) is 30.5 Å². The number of nitrogens with zero attached hydrogens (tertiary/aromatic N) is 2. The van der Waals surface area contributed by atoms with Gasteiger partial charge in [0, 0.05) is 54.9 Å². The van der Waals surface area contributed by atoms with E-state index in [4.69, 9.17) is 9.47 Å². The van der Waals surface area contributed by atoms with Crippen molar-refractivity contribution in [2.75, 3.05) is 44.8 Å². The lowest BCUT2D eigenvalue weighted by atomic mass is 10.0. The van der Waals surface area contributed by atoms with Crippen LogP contribution in [0, 0.1) is 0 Å². The normalized spacial score (nSPS) is 19.9. The monoisotopic (exact) mass is 444 g/mol. The maximum atomic E-state index is 12.6. The van der Waals surface area contributed by atoms with Crippen molar-refractivity contribution in [2.24, 2.45) is 0 Å². The van der Waals surface area contributed by atoms with Crippen molar-refractivity contribution in [2.45, 2.75) is 13.1 Å². The standard InChI is InChI=1S/C22H24N4O4.ClH/c27-21-19(11-16-9-17(23-12-16)14-25-3-6-29-7-4-25)18-10-15(1-2-20(18)24-21)13-26-5-8-30-22(26)28;/h1-2,9-12,23H,3-8,13-14H2,(H,24,27);1H. The Morgan fingerprint density at radius 1 is 1.03 bits per heavy atom. The number of fused-ring (bicyclic) bond motifs is 1. The second kappa shape index (κ2) is 9.13. The van der Waals surface area contributed by atoms with Crippen molar-refractivity contribution in [3.05, 3.63) is 52.8 Å². The third-order valence-corrected chi connectivity index (χ3v) is 5.66. The van der Waals surface area contributed by atoms with Gasteiger partial charge >= 0.3 is 6.09 Å². The van der Waals surface area contributed by atoms with Crippen molar-refractivity contribution in [3.63, 3.8) is 0 Å². The highest BCUT2D eigenvalue weighted by atomic mass is 35.5. The second-order valence-electron chi connectivity index (χ2n) is 7.77. The second-order valence-corrected chi connectivity index (χ2v) is 7.77. The van der Waals surface area contributed by atoms with Gasteiger partial charge in [-0.2, -0.15) is 0 Å². The number of H-pyrrole nitrogens is 1. The molecule has 3 aliphatic heterocycles. The van der Waals surface area contributed by atoms with Gasteiger partial charge in [0.25, 0.3) is 5.91 Å². The average molecular weight is 445 g/mol. The van der Waals surface area contributed by atoms with E-state index < -0.39 is 0 Å². The molecule has 0 spiro atoms. The van der Waals surface area contributed by atoms with Crippen LogP contribution >= 0.6 is 12.4 Å². The largest absolute Gasteiger partial charge is 0.448 e. The molecule has 2 amide bonds. The van der Waals surface area contributed by atoms with Crippen LogP contribution in [0.5, 0.6) is 0 Å². The number of morpholine rings is 1. The van der Waals surface area contributed by atoms with Gasteiger partial charge in [0.05, 0.1) is 19.8 Å². The van der Waals surface area contributed by atoms with Gasteiger partial charge in [-0.3, -0.25) is 9.69 Å². The first-order chi connectivity index (χ1) is 14.7. The molecular weight excluding hydrogens is 420 g/mol. The smallest absolute Gasteiger partial charge is 0.410 e. The fraction of sp³-hybridized carbons (Fsp3) is 0.364. The van der Waals surface area contributed by atoms with Crippen molar-refractivity contribution in [3.8, 4) is 0 Å². The number of nitrogens with one attached hydrogen (secondary N) is 2. The average Bonchev–Trinajstić information content (AvgIpc) is 3.44. The van der Waals surface area contributed by atoms with E-state index in [1.54, 1.807) is 4.90 Å². The summed E-state index contributed by atoms with van der Waals surface area (Å²) in [5, 5.41) is 2.93. The fourth-order valence-corrected chi connectivity index (χ4v) is 4.07. The number of aromatic amines is 1. The molecule has 0 bridgehead atoms. The van der Waals surface area contributed by atoms with E-state index in [2.05, 4.69) is 21.3 Å². The number of ether oxygens (including phenoxy) is 2. The van der Waals surface area contributed by atoms with Crippen LogP contribution in [0.2, 0.25) is 0 Å². The summed E-state index contributed by atoms with van der Waals surface area (Å²) in [4.78, 5) is 31.6. The molecule has 2 aromatic rings. The number of amides is 2. The Bertz CT molecular complexity index is 1010. The van der Waals surface area contributed by atoms with Gasteiger partial charge in [0.15, 0.2) is 0 Å². The van der Waals surface area contributed by atoms with Crippen molar-refractivity contribution < 1.29 is 19.1 Å². The van der Waals surface area contributed by atoms with Gasteiger partial charge in [-0.15, -0.1) is 12.4 Å². The van der Waals surface area contributed by atoms with E-state index in [9.17, 15) is 9.59 Å². The molecule has 0 aliphatic carbocycles. The van der Waals surface area contributed by atoms with Crippen LogP contribution in [0.25, 0.3) is 11.6 Å². The SMILES string of the molecule is Cl.O=C1Nc2ccc(CN3CCOC3=O)cc2C1=Cc1c[nH]c(CN2CCOCC2)c1. The van der Waals surface area contributed by atoms with Gasteiger partial charge in [-0.05, 0) is 35.4 Å². The number of halogens is 1. The summed E-state index contributed by atoms with van der Waals surface area (Å²) < 4.78 is 10.4. The highest BCUT2D eigenvalue weighted by Crippen LogP contribution is 2.34. The van der Waals surface area contributed by atoms with Crippen LogP contribution in [0.4, 0.5) is 10.5 Å². The molecule has 164 valence electrons. The summed E-state index contributed by atoms with van der Waals surface area (Å²) in [6, 6.07) is 7.89. The molecule has 2 saturated heterocycles. The molecule has 3 aliphatic rings. The number of benzene rings is 1. The zero-order valence-electron chi connectivity index (χ0n) is 17.1. The van der Waals surface area contributed by atoms with E-state index in [1.165, 1.54) is 0 Å². The molecule has 0 atom stereocenters. The Morgan fingerprint density at radius 3 is 2.65 bits per heavy atom. The lowest BCUT2D eigenvalue weighted by Gasteiger charge is -2.25. The molecule has 0 unspecified atom stereocenters. The van der Waals surface area contributed by atoms with Crippen molar-refractivity contribution >= 4 is 41.7 Å². The first-order valence-corrected chi connectivity index (χ1v) is 10.2. The van der Waals surface area contributed by atoms with E-state index in [-0.39, 0.29) is 24.4 Å². The molecule has 1 aromatic carbocycles. The van der Waals surface area contributed by atoms with Crippen molar-refractivity contribution in [1.82, 2.24) is 14.8 Å². The third-order valence-electron chi connectivity index (χ3n) is 5.66. The Morgan fingerprint density at radius 2 is 1.87 bits per heavy atom. The number of hydrogen-bond donors (Lipinski definition) is 2. The van der Waals surface area contributed by atoms with E-state index in [0.29, 0.717) is 25.3 Å². The predicted molar refractivity (Wildman–Crippen MR) is 119 cm³/mol. The van der Waals surface area contributed by atoms with Crippen LogP contribution in [0.3, 0.4) is 0 Å². The maximum Gasteiger partial charge on any atom is 0.410 e. The Balaban J connectivity index is 0.00000231. The van der Waals surface area contributed by atoms with Gasteiger partial charge in [-0.1, -0.05) is 6.07 Å². The van der Waals surface area contributed by atoms with Gasteiger partial charge < -0.3 is 24.7 Å². The van der Waals surface area contributed by atoms with Gasteiger partial charge in [0.2, 0.25) is 0 Å². The number of carbonyl (C=O) groups is 2. The highest BCUT2D eigenvalue weighted by molar-refractivity contribution is 6.34. The molecule has 1 aromatic heterocycles. The lowest BCUT2D eigenvalue weighted by molar-refractivity contribution is -0.110. The third kappa shape index (κ3) is 4.61. The van der Waals surface area contributed by atoms with Gasteiger partial charge in [0.1, 0.15) is 6.61 Å². The fourth-order valence-electron chi connectivity index (χ4n) is 4.07. The Labute approximate surface area is 186 Å². The quantitative estimate of drug-likeness (QED) is 0.692. The molecule has 0 saturated carbocycles. The first-order valence-electron chi connectivity index (χ1n) is 10.2. The number of cyclic esters (lactones) is 1. The number of rotatable bonds is 5. The van der Waals surface area contributed by atoms with Crippen LogP contribution in [0.1, 0.15) is 22.4 Å². The minimum absolute atomic E-state index is 0. The topological polar surface area (TPSA) is 86.9 Å². The number of hydrogen-bond acceptors (Lipinski definition) is 5. The van der Waals surface area contributed by atoms with Crippen LogP contribution in [-0.4, -0.2) is 66.2 Å². The zero-order valence-corrected chi connectivity index (χ0v) is 17.9. The molecular formula is C22H25ClN4O4. The van der Waals surface area contributed by atoms with Gasteiger partial charge in [-0.25, -0.2) is 4.79 Å². The predicted octanol–water partition coefficient (Wildman–Crippen LogP) is 2.71. The van der Waals surface area contributed by atoms with Crippen LogP contribution < -0.4 is 5.32 Å². The first kappa shape index (κ1) is 21.4. The number of anilines is 1. The molecule has 2 fully saturated rings. The maximum absolute atomic E-state index is 12.6. The minimum atomic E-state index is -0.291. The molecule has 0 radical (unpaired) electrons. The molecule has 4 heterocycles. The van der Waals surface area contributed by atoms with E-state index >= 15 is 0 Å². The molecule has 8 nitrogen and oxygen atoms in total.